The van der Waals surface area contributed by atoms with Gasteiger partial charge in [-0.15, -0.1) is 0 Å². The summed E-state index contributed by atoms with van der Waals surface area (Å²) in [5.41, 5.74) is 1.54. The van der Waals surface area contributed by atoms with Gasteiger partial charge >= 0.3 is 0 Å². The van der Waals surface area contributed by atoms with Gasteiger partial charge in [0.1, 0.15) is 10.1 Å². The van der Waals surface area contributed by atoms with Crippen molar-refractivity contribution < 1.29 is 14.0 Å². The van der Waals surface area contributed by atoms with E-state index in [0.29, 0.717) is 20.5 Å². The Balaban J connectivity index is 1.62. The summed E-state index contributed by atoms with van der Waals surface area (Å²) in [7, 11) is 1.89. The first-order valence-electron chi connectivity index (χ1n) is 7.91. The SMILES string of the molecule is Cn1cc(C(=O)/C=C2\SC(=S)N(Cc3ccco3)C2=O)c2ccccc21. The van der Waals surface area contributed by atoms with Crippen LogP contribution in [0, 0.1) is 0 Å². The van der Waals surface area contributed by atoms with Crippen LogP contribution in [0.3, 0.4) is 0 Å². The van der Waals surface area contributed by atoms with E-state index in [2.05, 4.69) is 0 Å². The Bertz CT molecular complexity index is 1060. The standard InChI is InChI=1S/C19H14N2O3S2/c1-20-11-14(13-6-2-3-7-15(13)20)16(22)9-17-18(23)21(19(25)26-17)10-12-5-4-8-24-12/h2-9,11H,10H2,1H3/b17-9-. The molecule has 0 radical (unpaired) electrons. The van der Waals surface area contributed by atoms with Gasteiger partial charge in [-0.25, -0.2) is 0 Å². The second-order valence-electron chi connectivity index (χ2n) is 5.88. The van der Waals surface area contributed by atoms with E-state index in [1.54, 1.807) is 24.6 Å². The molecule has 1 aliphatic heterocycles. The van der Waals surface area contributed by atoms with Gasteiger partial charge < -0.3 is 8.98 Å². The molecule has 0 spiro atoms. The number of hydrogen-bond acceptors (Lipinski definition) is 5. The molecule has 0 N–H and O–H groups in total. The molecule has 1 saturated heterocycles. The van der Waals surface area contributed by atoms with Crippen molar-refractivity contribution in [2.75, 3.05) is 0 Å². The van der Waals surface area contributed by atoms with E-state index in [0.717, 1.165) is 22.7 Å². The van der Waals surface area contributed by atoms with Crippen LogP contribution in [-0.2, 0) is 18.4 Å². The summed E-state index contributed by atoms with van der Waals surface area (Å²) in [5, 5.41) is 0.863. The molecule has 0 bridgehead atoms. The number of fused-ring (bicyclic) bond motifs is 1. The van der Waals surface area contributed by atoms with Crippen LogP contribution >= 0.6 is 24.0 Å². The highest BCUT2D eigenvalue weighted by Crippen LogP contribution is 2.33. The Morgan fingerprint density at radius 2 is 2.08 bits per heavy atom. The lowest BCUT2D eigenvalue weighted by molar-refractivity contribution is -0.122. The van der Waals surface area contributed by atoms with E-state index in [1.165, 1.54) is 11.0 Å². The topological polar surface area (TPSA) is 55.5 Å². The van der Waals surface area contributed by atoms with Gasteiger partial charge in [-0.1, -0.05) is 42.2 Å². The molecule has 3 aromatic rings. The van der Waals surface area contributed by atoms with Crippen molar-refractivity contribution in [2.24, 2.45) is 7.05 Å². The van der Waals surface area contributed by atoms with Crippen molar-refractivity contribution in [2.45, 2.75) is 6.54 Å². The van der Waals surface area contributed by atoms with Crippen molar-refractivity contribution in [1.82, 2.24) is 9.47 Å². The molecule has 1 aromatic carbocycles. The molecular formula is C19H14N2O3S2. The van der Waals surface area contributed by atoms with Crippen molar-refractivity contribution in [3.05, 3.63) is 71.2 Å². The molecule has 0 aliphatic carbocycles. The first kappa shape index (κ1) is 16.8. The summed E-state index contributed by atoms with van der Waals surface area (Å²) < 4.78 is 7.60. The molecule has 26 heavy (non-hydrogen) atoms. The van der Waals surface area contributed by atoms with Crippen LogP contribution in [0.1, 0.15) is 16.1 Å². The van der Waals surface area contributed by atoms with Crippen molar-refractivity contribution in [1.29, 1.82) is 0 Å². The zero-order valence-electron chi connectivity index (χ0n) is 13.8. The smallest absolute Gasteiger partial charge is 0.266 e. The maximum atomic E-state index is 12.8. The van der Waals surface area contributed by atoms with E-state index >= 15 is 0 Å². The minimum Gasteiger partial charge on any atom is -0.467 e. The fourth-order valence-corrected chi connectivity index (χ4v) is 4.16. The number of para-hydroxylation sites is 1. The fraction of sp³-hybridized carbons (Fsp3) is 0.105. The normalized spacial score (nSPS) is 16.2. The number of aryl methyl sites for hydroxylation is 1. The van der Waals surface area contributed by atoms with E-state index in [1.807, 2.05) is 35.9 Å². The number of carbonyl (C=O) groups excluding carboxylic acids is 2. The van der Waals surface area contributed by atoms with Crippen LogP contribution in [0.4, 0.5) is 0 Å². The number of hydrogen-bond donors (Lipinski definition) is 0. The number of rotatable bonds is 4. The third kappa shape index (κ3) is 2.89. The number of carbonyl (C=O) groups is 2. The average Bonchev–Trinajstić information content (AvgIpc) is 3.32. The second-order valence-corrected chi connectivity index (χ2v) is 7.56. The Labute approximate surface area is 159 Å². The lowest BCUT2D eigenvalue weighted by atomic mass is 10.1. The maximum Gasteiger partial charge on any atom is 0.266 e. The number of benzene rings is 1. The van der Waals surface area contributed by atoms with E-state index in [-0.39, 0.29) is 18.2 Å². The lowest BCUT2D eigenvalue weighted by Crippen LogP contribution is -2.27. The third-order valence-electron chi connectivity index (χ3n) is 4.19. The number of ketones is 1. The monoisotopic (exact) mass is 382 g/mol. The molecule has 0 saturated carbocycles. The van der Waals surface area contributed by atoms with Crippen LogP contribution < -0.4 is 0 Å². The Morgan fingerprint density at radius 3 is 2.85 bits per heavy atom. The summed E-state index contributed by atoms with van der Waals surface area (Å²) in [6, 6.07) is 11.2. The highest BCUT2D eigenvalue weighted by Gasteiger charge is 2.33. The molecule has 4 rings (SSSR count). The van der Waals surface area contributed by atoms with Gasteiger partial charge in [-0.05, 0) is 18.2 Å². The number of thiocarbonyl (C=S) groups is 1. The van der Waals surface area contributed by atoms with Crippen LogP contribution in [-0.4, -0.2) is 25.5 Å². The molecule has 2 aromatic heterocycles. The summed E-state index contributed by atoms with van der Waals surface area (Å²) in [4.78, 5) is 27.2. The summed E-state index contributed by atoms with van der Waals surface area (Å²) in [5.74, 6) is 0.160. The van der Waals surface area contributed by atoms with Crippen molar-refractivity contribution in [3.8, 4) is 0 Å². The third-order valence-corrected chi connectivity index (χ3v) is 5.57. The van der Waals surface area contributed by atoms with E-state index < -0.39 is 0 Å². The Morgan fingerprint density at radius 1 is 1.27 bits per heavy atom. The second kappa shape index (κ2) is 6.59. The molecular weight excluding hydrogens is 368 g/mol. The lowest BCUT2D eigenvalue weighted by Gasteiger charge is -2.11. The van der Waals surface area contributed by atoms with Crippen LogP contribution in [0.5, 0.6) is 0 Å². The van der Waals surface area contributed by atoms with Gasteiger partial charge in [0.2, 0.25) is 0 Å². The van der Waals surface area contributed by atoms with Gasteiger partial charge in [0.05, 0.1) is 17.7 Å². The van der Waals surface area contributed by atoms with Crippen LogP contribution in [0.25, 0.3) is 10.9 Å². The summed E-state index contributed by atoms with van der Waals surface area (Å²) in [6.07, 6.45) is 4.71. The van der Waals surface area contributed by atoms with Crippen molar-refractivity contribution in [3.63, 3.8) is 0 Å². The Hall–Kier alpha value is -2.64. The van der Waals surface area contributed by atoms with Gasteiger partial charge in [0.15, 0.2) is 5.78 Å². The zero-order chi connectivity index (χ0) is 18.3. The molecule has 1 fully saturated rings. The number of aromatic nitrogens is 1. The molecule has 1 amide bonds. The van der Waals surface area contributed by atoms with E-state index in [4.69, 9.17) is 16.6 Å². The highest BCUT2D eigenvalue weighted by atomic mass is 32.2. The molecule has 7 heteroatoms. The summed E-state index contributed by atoms with van der Waals surface area (Å²) >= 11 is 6.43. The predicted octanol–water partition coefficient (Wildman–Crippen LogP) is 3.90. The maximum absolute atomic E-state index is 12.8. The molecule has 0 unspecified atom stereocenters. The van der Waals surface area contributed by atoms with E-state index in [9.17, 15) is 9.59 Å². The quantitative estimate of drug-likeness (QED) is 0.389. The first-order valence-corrected chi connectivity index (χ1v) is 9.13. The number of allylic oxidation sites excluding steroid dienone is 1. The highest BCUT2D eigenvalue weighted by molar-refractivity contribution is 8.26. The average molecular weight is 382 g/mol. The van der Waals surface area contributed by atoms with Gasteiger partial charge in [0, 0.05) is 35.8 Å². The fourth-order valence-electron chi connectivity index (χ4n) is 2.93. The number of furan rings is 1. The van der Waals surface area contributed by atoms with Crippen molar-refractivity contribution >= 4 is 50.9 Å². The summed E-state index contributed by atoms with van der Waals surface area (Å²) in [6.45, 7) is 0.261. The molecule has 130 valence electrons. The zero-order valence-corrected chi connectivity index (χ0v) is 15.5. The minimum absolute atomic E-state index is 0.208. The molecule has 0 atom stereocenters. The number of nitrogens with zero attached hydrogens (tertiary/aromatic N) is 2. The van der Waals surface area contributed by atoms with Crippen LogP contribution in [0.2, 0.25) is 0 Å². The molecule has 1 aliphatic rings. The minimum atomic E-state index is -0.273. The van der Waals surface area contributed by atoms with Gasteiger partial charge in [-0.2, -0.15) is 0 Å². The predicted molar refractivity (Wildman–Crippen MR) is 105 cm³/mol. The van der Waals surface area contributed by atoms with Gasteiger partial charge in [0.25, 0.3) is 5.91 Å². The first-order chi connectivity index (χ1) is 12.5. The largest absolute Gasteiger partial charge is 0.467 e. The number of amides is 1. The van der Waals surface area contributed by atoms with Gasteiger partial charge in [-0.3, -0.25) is 14.5 Å². The molecule has 3 heterocycles. The Kier molecular flexibility index (Phi) is 4.26. The van der Waals surface area contributed by atoms with Crippen LogP contribution in [0.15, 0.2) is 64.3 Å². The molecule has 5 nitrogen and oxygen atoms in total. The number of thioether (sulfide) groups is 1.